The Balaban J connectivity index is 1.87. The highest BCUT2D eigenvalue weighted by Gasteiger charge is 2.36. The van der Waals surface area contributed by atoms with Crippen molar-refractivity contribution in [1.82, 2.24) is 9.21 Å². The summed E-state index contributed by atoms with van der Waals surface area (Å²) in [5.41, 5.74) is 1.62. The Bertz CT molecular complexity index is 814. The number of nitrogens with zero attached hydrogens (tertiary/aromatic N) is 2. The van der Waals surface area contributed by atoms with Gasteiger partial charge in [0.2, 0.25) is 15.9 Å². The van der Waals surface area contributed by atoms with Crippen molar-refractivity contribution < 1.29 is 17.9 Å². The van der Waals surface area contributed by atoms with E-state index in [1.54, 1.807) is 23.5 Å². The van der Waals surface area contributed by atoms with Crippen molar-refractivity contribution in [2.45, 2.75) is 57.5 Å². The van der Waals surface area contributed by atoms with E-state index in [4.69, 9.17) is 4.74 Å². The number of sulfonamides is 1. The lowest BCUT2D eigenvalue weighted by molar-refractivity contribution is -0.140. The quantitative estimate of drug-likeness (QED) is 0.787. The molecule has 150 valence electrons. The Morgan fingerprint density at radius 1 is 1.22 bits per heavy atom. The zero-order valence-corrected chi connectivity index (χ0v) is 17.5. The average Bonchev–Trinajstić information content (AvgIpc) is 3.09. The molecule has 6 nitrogen and oxygen atoms in total. The molecule has 1 atom stereocenters. The Kier molecular flexibility index (Phi) is 5.66. The SMILES string of the molecule is COC[C@@H]1CCCN1S(=O)(=O)c1ccc2c(c1)CN(C(=O)C(C)(C)C)CC2. The molecular formula is C20H30N2O4S. The second-order valence-corrected chi connectivity index (χ2v) is 10.4. The van der Waals surface area contributed by atoms with E-state index in [0.29, 0.717) is 31.1 Å². The molecule has 3 rings (SSSR count). The van der Waals surface area contributed by atoms with E-state index < -0.39 is 15.4 Å². The van der Waals surface area contributed by atoms with E-state index in [9.17, 15) is 13.2 Å². The summed E-state index contributed by atoms with van der Waals surface area (Å²) < 4.78 is 33.1. The molecule has 2 aliphatic rings. The topological polar surface area (TPSA) is 66.9 Å². The maximum absolute atomic E-state index is 13.2. The molecule has 1 aromatic carbocycles. The van der Waals surface area contributed by atoms with Crippen molar-refractivity contribution in [1.29, 1.82) is 0 Å². The second kappa shape index (κ2) is 7.53. The van der Waals surface area contributed by atoms with Gasteiger partial charge in [0.05, 0.1) is 11.5 Å². The largest absolute Gasteiger partial charge is 0.383 e. The van der Waals surface area contributed by atoms with Crippen LogP contribution < -0.4 is 0 Å². The van der Waals surface area contributed by atoms with Crippen LogP contribution in [0.4, 0.5) is 0 Å². The number of carbonyl (C=O) groups is 1. The minimum atomic E-state index is -3.56. The normalized spacial score (nSPS) is 21.3. The molecule has 1 saturated heterocycles. The summed E-state index contributed by atoms with van der Waals surface area (Å²) in [4.78, 5) is 14.8. The molecule has 2 aliphatic heterocycles. The van der Waals surface area contributed by atoms with Crippen LogP contribution in [0.5, 0.6) is 0 Å². The number of ether oxygens (including phenoxy) is 1. The van der Waals surface area contributed by atoms with Crippen molar-refractivity contribution >= 4 is 15.9 Å². The average molecular weight is 395 g/mol. The molecule has 0 saturated carbocycles. The highest BCUT2D eigenvalue weighted by atomic mass is 32.2. The molecule has 0 spiro atoms. The molecule has 7 heteroatoms. The summed E-state index contributed by atoms with van der Waals surface area (Å²) in [7, 11) is -1.96. The molecule has 27 heavy (non-hydrogen) atoms. The van der Waals surface area contributed by atoms with Gasteiger partial charge >= 0.3 is 0 Å². The number of carbonyl (C=O) groups excluding carboxylic acids is 1. The van der Waals surface area contributed by atoms with Crippen molar-refractivity contribution in [2.75, 3.05) is 26.8 Å². The van der Waals surface area contributed by atoms with Crippen LogP contribution in [0, 0.1) is 5.41 Å². The monoisotopic (exact) mass is 394 g/mol. The fourth-order valence-corrected chi connectivity index (χ4v) is 5.69. The van der Waals surface area contributed by atoms with Gasteiger partial charge in [0.1, 0.15) is 0 Å². The van der Waals surface area contributed by atoms with Crippen LogP contribution in [0.25, 0.3) is 0 Å². The minimum absolute atomic E-state index is 0.0983. The number of hydrogen-bond donors (Lipinski definition) is 0. The lowest BCUT2D eigenvalue weighted by Crippen LogP contribution is -2.42. The number of benzene rings is 1. The highest BCUT2D eigenvalue weighted by Crippen LogP contribution is 2.30. The van der Waals surface area contributed by atoms with E-state index in [1.807, 2.05) is 31.7 Å². The first-order valence-electron chi connectivity index (χ1n) is 9.56. The van der Waals surface area contributed by atoms with E-state index in [2.05, 4.69) is 0 Å². The van der Waals surface area contributed by atoms with Crippen LogP contribution in [0.15, 0.2) is 23.1 Å². The molecule has 1 amide bonds. The van der Waals surface area contributed by atoms with E-state index in [0.717, 1.165) is 30.4 Å². The van der Waals surface area contributed by atoms with Crippen molar-refractivity contribution in [3.63, 3.8) is 0 Å². The van der Waals surface area contributed by atoms with Gasteiger partial charge in [-0.05, 0) is 42.5 Å². The molecule has 1 fully saturated rings. The molecule has 0 N–H and O–H groups in total. The Labute approximate surface area is 162 Å². The number of methoxy groups -OCH3 is 1. The van der Waals surface area contributed by atoms with Crippen LogP contribution in [0.1, 0.15) is 44.7 Å². The van der Waals surface area contributed by atoms with Gasteiger partial charge < -0.3 is 9.64 Å². The van der Waals surface area contributed by atoms with Crippen molar-refractivity contribution in [2.24, 2.45) is 5.41 Å². The van der Waals surface area contributed by atoms with Gasteiger partial charge in [-0.2, -0.15) is 4.31 Å². The standard InChI is InChI=1S/C20H30N2O4S/c1-20(2,3)19(23)21-11-9-15-7-8-18(12-16(15)13-21)27(24,25)22-10-5-6-17(22)14-26-4/h7-8,12,17H,5-6,9-11,13-14H2,1-4H3/t17-/m0/s1. The number of hydrogen-bond acceptors (Lipinski definition) is 4. The van der Waals surface area contributed by atoms with E-state index in [-0.39, 0.29) is 11.9 Å². The van der Waals surface area contributed by atoms with Gasteiger partial charge in [0.15, 0.2) is 0 Å². The van der Waals surface area contributed by atoms with Gasteiger partial charge in [-0.3, -0.25) is 4.79 Å². The summed E-state index contributed by atoms with van der Waals surface area (Å²) in [5.74, 6) is 0.0983. The predicted molar refractivity (Wildman–Crippen MR) is 104 cm³/mol. The maximum atomic E-state index is 13.2. The molecule has 0 bridgehead atoms. The van der Waals surface area contributed by atoms with Gasteiger partial charge in [0, 0.05) is 38.2 Å². The lowest BCUT2D eigenvalue weighted by atomic mass is 9.92. The van der Waals surface area contributed by atoms with E-state index in [1.165, 1.54) is 0 Å². The molecule has 1 aromatic rings. The Hall–Kier alpha value is -1.44. The molecule has 0 unspecified atom stereocenters. The van der Waals surface area contributed by atoms with Gasteiger partial charge in [-0.25, -0.2) is 8.42 Å². The second-order valence-electron chi connectivity index (χ2n) is 8.52. The summed E-state index contributed by atoms with van der Waals surface area (Å²) in [6.45, 7) is 7.83. The third-order valence-electron chi connectivity index (χ3n) is 5.41. The summed E-state index contributed by atoms with van der Waals surface area (Å²) in [6.07, 6.45) is 2.44. The van der Waals surface area contributed by atoms with Crippen LogP contribution in [0.3, 0.4) is 0 Å². The highest BCUT2D eigenvalue weighted by molar-refractivity contribution is 7.89. The van der Waals surface area contributed by atoms with Gasteiger partial charge in [-0.1, -0.05) is 26.8 Å². The third-order valence-corrected chi connectivity index (χ3v) is 7.36. The number of amides is 1. The predicted octanol–water partition coefficient (Wildman–Crippen LogP) is 2.42. The molecule has 0 radical (unpaired) electrons. The van der Waals surface area contributed by atoms with Gasteiger partial charge in [0.25, 0.3) is 0 Å². The Morgan fingerprint density at radius 2 is 1.96 bits per heavy atom. The first-order valence-corrected chi connectivity index (χ1v) is 11.0. The fraction of sp³-hybridized carbons (Fsp3) is 0.650. The van der Waals surface area contributed by atoms with Crippen LogP contribution in [0.2, 0.25) is 0 Å². The first-order chi connectivity index (χ1) is 12.6. The summed E-state index contributed by atoms with van der Waals surface area (Å²) in [5, 5.41) is 0. The fourth-order valence-electron chi connectivity index (χ4n) is 3.96. The van der Waals surface area contributed by atoms with Crippen molar-refractivity contribution in [3.8, 4) is 0 Å². The zero-order valence-electron chi connectivity index (χ0n) is 16.7. The van der Waals surface area contributed by atoms with Crippen LogP contribution >= 0.6 is 0 Å². The summed E-state index contributed by atoms with van der Waals surface area (Å²) >= 11 is 0. The lowest BCUT2D eigenvalue weighted by Gasteiger charge is -2.34. The molecule has 0 aliphatic carbocycles. The maximum Gasteiger partial charge on any atom is 0.243 e. The molecule has 0 aromatic heterocycles. The third kappa shape index (κ3) is 4.05. The minimum Gasteiger partial charge on any atom is -0.383 e. The molecule has 2 heterocycles. The van der Waals surface area contributed by atoms with Gasteiger partial charge in [-0.15, -0.1) is 0 Å². The smallest absolute Gasteiger partial charge is 0.243 e. The number of fused-ring (bicyclic) bond motifs is 1. The zero-order chi connectivity index (χ0) is 19.8. The summed E-state index contributed by atoms with van der Waals surface area (Å²) in [6, 6.07) is 5.27. The Morgan fingerprint density at radius 3 is 2.63 bits per heavy atom. The number of rotatable bonds is 4. The molecular weight excluding hydrogens is 364 g/mol. The first kappa shape index (κ1) is 20.3. The van der Waals surface area contributed by atoms with E-state index >= 15 is 0 Å². The van der Waals surface area contributed by atoms with Crippen LogP contribution in [-0.2, 0) is 32.5 Å². The van der Waals surface area contributed by atoms with Crippen molar-refractivity contribution in [3.05, 3.63) is 29.3 Å². The van der Waals surface area contributed by atoms with Crippen LogP contribution in [-0.4, -0.2) is 56.4 Å².